The molecule has 0 saturated heterocycles. The van der Waals surface area contributed by atoms with Crippen LogP contribution in [0.3, 0.4) is 0 Å². The Morgan fingerprint density at radius 1 is 1.25 bits per heavy atom. The first-order valence-electron chi connectivity index (χ1n) is 5.36. The molecule has 0 saturated carbocycles. The van der Waals surface area contributed by atoms with Gasteiger partial charge in [0.2, 0.25) is 0 Å². The van der Waals surface area contributed by atoms with Crippen LogP contribution in [0.25, 0.3) is 10.9 Å². The molecule has 1 aromatic carbocycles. The number of hydrogen-bond donors (Lipinski definition) is 1. The molecule has 86 valence electrons. The van der Waals surface area contributed by atoms with Crippen LogP contribution in [0.1, 0.15) is 20.8 Å². The molecule has 0 amide bonds. The van der Waals surface area contributed by atoms with Crippen LogP contribution in [0.2, 0.25) is 5.02 Å². The maximum absolute atomic E-state index is 6.27. The van der Waals surface area contributed by atoms with Gasteiger partial charge in [-0.15, -0.1) is 0 Å². The minimum absolute atomic E-state index is 0.135. The molecule has 0 radical (unpaired) electrons. The Bertz CT molecular complexity index is 496. The van der Waals surface area contributed by atoms with Crippen LogP contribution in [0.15, 0.2) is 24.4 Å². The number of nitrogens with one attached hydrogen (secondary N) is 1. The molecule has 1 aromatic heterocycles. The summed E-state index contributed by atoms with van der Waals surface area (Å²) in [5.74, 6) is 0.753. The Hall–Kier alpha value is -1.15. The quantitative estimate of drug-likeness (QED) is 0.830. The standard InChI is InChI=1S/C13H16ClNO/c1-13(2,3)8-16-11-5-4-10-9(12(11)14)6-7-15-10/h4-7,15H,8H2,1-3H3. The lowest BCUT2D eigenvalue weighted by Crippen LogP contribution is -2.16. The third-order valence-corrected chi connectivity index (χ3v) is 2.68. The Kier molecular flexibility index (Phi) is 2.85. The van der Waals surface area contributed by atoms with Crippen molar-refractivity contribution >= 4 is 22.5 Å². The summed E-state index contributed by atoms with van der Waals surface area (Å²) < 4.78 is 5.73. The highest BCUT2D eigenvalue weighted by Crippen LogP contribution is 2.33. The van der Waals surface area contributed by atoms with Gasteiger partial charge in [-0.2, -0.15) is 0 Å². The SMILES string of the molecule is CC(C)(C)COc1ccc2[nH]ccc2c1Cl. The first kappa shape index (κ1) is 11.3. The Morgan fingerprint density at radius 2 is 2.00 bits per heavy atom. The molecule has 0 bridgehead atoms. The maximum Gasteiger partial charge on any atom is 0.138 e. The average molecular weight is 238 g/mol. The molecule has 1 N–H and O–H groups in total. The molecule has 0 spiro atoms. The van der Waals surface area contributed by atoms with Gasteiger partial charge in [-0.25, -0.2) is 0 Å². The highest BCUT2D eigenvalue weighted by Gasteiger charge is 2.13. The van der Waals surface area contributed by atoms with Crippen molar-refractivity contribution in [2.24, 2.45) is 5.41 Å². The van der Waals surface area contributed by atoms with E-state index in [0.29, 0.717) is 11.6 Å². The van der Waals surface area contributed by atoms with Gasteiger partial charge in [0, 0.05) is 17.1 Å². The van der Waals surface area contributed by atoms with Gasteiger partial charge in [0.05, 0.1) is 11.6 Å². The fraction of sp³-hybridized carbons (Fsp3) is 0.385. The number of benzene rings is 1. The maximum atomic E-state index is 6.27. The number of H-pyrrole nitrogens is 1. The van der Waals surface area contributed by atoms with E-state index in [-0.39, 0.29) is 5.41 Å². The monoisotopic (exact) mass is 237 g/mol. The Morgan fingerprint density at radius 3 is 2.69 bits per heavy atom. The van der Waals surface area contributed by atoms with E-state index in [1.165, 1.54) is 0 Å². The summed E-state index contributed by atoms with van der Waals surface area (Å²) in [6, 6.07) is 5.85. The van der Waals surface area contributed by atoms with Crippen LogP contribution in [0.4, 0.5) is 0 Å². The number of ether oxygens (including phenoxy) is 1. The molecule has 0 fully saturated rings. The van der Waals surface area contributed by atoms with Crippen LogP contribution < -0.4 is 4.74 Å². The van der Waals surface area contributed by atoms with Gasteiger partial charge in [0.25, 0.3) is 0 Å². The van der Waals surface area contributed by atoms with Gasteiger partial charge in [-0.05, 0) is 23.6 Å². The molecule has 2 nitrogen and oxygen atoms in total. The van der Waals surface area contributed by atoms with Crippen molar-refractivity contribution in [1.29, 1.82) is 0 Å². The minimum atomic E-state index is 0.135. The van der Waals surface area contributed by atoms with Crippen LogP contribution in [0.5, 0.6) is 5.75 Å². The number of halogens is 1. The van der Waals surface area contributed by atoms with Crippen molar-refractivity contribution in [3.8, 4) is 5.75 Å². The second-order valence-corrected chi connectivity index (χ2v) is 5.54. The van der Waals surface area contributed by atoms with Crippen LogP contribution >= 0.6 is 11.6 Å². The molecule has 2 aromatic rings. The van der Waals surface area contributed by atoms with Crippen molar-refractivity contribution < 1.29 is 4.74 Å². The topological polar surface area (TPSA) is 25.0 Å². The zero-order valence-corrected chi connectivity index (χ0v) is 10.6. The zero-order chi connectivity index (χ0) is 11.8. The van der Waals surface area contributed by atoms with Crippen molar-refractivity contribution in [2.75, 3.05) is 6.61 Å². The van der Waals surface area contributed by atoms with E-state index in [9.17, 15) is 0 Å². The molecule has 2 rings (SSSR count). The lowest BCUT2D eigenvalue weighted by atomic mass is 9.99. The van der Waals surface area contributed by atoms with E-state index in [1.807, 2.05) is 24.4 Å². The summed E-state index contributed by atoms with van der Waals surface area (Å²) in [6.45, 7) is 7.06. The van der Waals surface area contributed by atoms with Gasteiger partial charge >= 0.3 is 0 Å². The van der Waals surface area contributed by atoms with Gasteiger partial charge < -0.3 is 9.72 Å². The third-order valence-electron chi connectivity index (χ3n) is 2.29. The fourth-order valence-corrected chi connectivity index (χ4v) is 1.76. The smallest absolute Gasteiger partial charge is 0.138 e. The normalized spacial score (nSPS) is 12.0. The molecule has 0 unspecified atom stereocenters. The van der Waals surface area contributed by atoms with Gasteiger partial charge in [0.15, 0.2) is 0 Å². The highest BCUT2D eigenvalue weighted by molar-refractivity contribution is 6.36. The molecule has 0 atom stereocenters. The summed E-state index contributed by atoms with van der Waals surface area (Å²) in [4.78, 5) is 3.12. The van der Waals surface area contributed by atoms with E-state index in [4.69, 9.17) is 16.3 Å². The number of aromatic amines is 1. The van der Waals surface area contributed by atoms with Crippen molar-refractivity contribution in [1.82, 2.24) is 4.98 Å². The first-order valence-corrected chi connectivity index (χ1v) is 5.73. The fourth-order valence-electron chi connectivity index (χ4n) is 1.48. The number of rotatable bonds is 2. The summed E-state index contributed by atoms with van der Waals surface area (Å²) >= 11 is 6.27. The average Bonchev–Trinajstić information content (AvgIpc) is 2.64. The van der Waals surface area contributed by atoms with Crippen molar-refractivity contribution in [3.63, 3.8) is 0 Å². The second kappa shape index (κ2) is 4.02. The highest BCUT2D eigenvalue weighted by atomic mass is 35.5. The van der Waals surface area contributed by atoms with Crippen LogP contribution in [-0.4, -0.2) is 11.6 Å². The van der Waals surface area contributed by atoms with E-state index >= 15 is 0 Å². The molecular weight excluding hydrogens is 222 g/mol. The molecule has 0 aliphatic carbocycles. The van der Waals surface area contributed by atoms with Crippen LogP contribution in [-0.2, 0) is 0 Å². The molecule has 0 aliphatic heterocycles. The molecule has 0 aliphatic rings. The largest absolute Gasteiger partial charge is 0.491 e. The van der Waals surface area contributed by atoms with Gasteiger partial charge in [-0.1, -0.05) is 32.4 Å². The van der Waals surface area contributed by atoms with E-state index in [2.05, 4.69) is 25.8 Å². The molecule has 1 heterocycles. The molecule has 3 heteroatoms. The van der Waals surface area contributed by atoms with Gasteiger partial charge in [-0.3, -0.25) is 0 Å². The summed E-state index contributed by atoms with van der Waals surface area (Å²) in [5.41, 5.74) is 1.17. The minimum Gasteiger partial charge on any atom is -0.491 e. The van der Waals surface area contributed by atoms with Gasteiger partial charge in [0.1, 0.15) is 5.75 Å². The second-order valence-electron chi connectivity index (χ2n) is 5.17. The molecular formula is C13H16ClNO. The predicted molar refractivity (Wildman–Crippen MR) is 68.3 cm³/mol. The summed E-state index contributed by atoms with van der Waals surface area (Å²) in [7, 11) is 0. The summed E-state index contributed by atoms with van der Waals surface area (Å²) in [5, 5.41) is 1.69. The summed E-state index contributed by atoms with van der Waals surface area (Å²) in [6.07, 6.45) is 1.88. The Labute approximate surface area is 101 Å². The zero-order valence-electron chi connectivity index (χ0n) is 9.80. The van der Waals surface area contributed by atoms with Crippen LogP contribution in [0, 0.1) is 5.41 Å². The van der Waals surface area contributed by atoms with E-state index in [1.54, 1.807) is 0 Å². The number of fused-ring (bicyclic) bond motifs is 1. The van der Waals surface area contributed by atoms with Crippen molar-refractivity contribution in [3.05, 3.63) is 29.4 Å². The molecule has 16 heavy (non-hydrogen) atoms. The lowest BCUT2D eigenvalue weighted by Gasteiger charge is -2.19. The third kappa shape index (κ3) is 2.33. The number of aromatic nitrogens is 1. The van der Waals surface area contributed by atoms with E-state index in [0.717, 1.165) is 16.7 Å². The van der Waals surface area contributed by atoms with Crippen molar-refractivity contribution in [2.45, 2.75) is 20.8 Å². The van der Waals surface area contributed by atoms with E-state index < -0.39 is 0 Å². The predicted octanol–water partition coefficient (Wildman–Crippen LogP) is 4.25. The first-order chi connectivity index (χ1) is 7.47. The lowest BCUT2D eigenvalue weighted by molar-refractivity contribution is 0.198. The number of hydrogen-bond acceptors (Lipinski definition) is 1. The Balaban J connectivity index is 2.28.